The normalized spacial score (nSPS) is 12.6. The van der Waals surface area contributed by atoms with E-state index < -0.39 is 0 Å². The molecule has 0 N–H and O–H groups in total. The molecule has 2 aromatic rings. The summed E-state index contributed by atoms with van der Waals surface area (Å²) in [7, 11) is 0. The lowest BCUT2D eigenvalue weighted by atomic mass is 10.0. The van der Waals surface area contributed by atoms with Gasteiger partial charge in [-0.15, -0.1) is 0 Å². The highest BCUT2D eigenvalue weighted by Gasteiger charge is 2.18. The first kappa shape index (κ1) is 11.4. The van der Waals surface area contributed by atoms with Gasteiger partial charge in [-0.25, -0.2) is 0 Å². The molecule has 0 fully saturated rings. The molecule has 4 heteroatoms. The molecule has 0 unspecified atom stereocenters. The van der Waals surface area contributed by atoms with Crippen LogP contribution in [0, 0.1) is 0 Å². The Morgan fingerprint density at radius 1 is 0.941 bits per heavy atom. The molecule has 0 radical (unpaired) electrons. The molecule has 86 valence electrons. The van der Waals surface area contributed by atoms with Gasteiger partial charge in [0.05, 0.1) is 10.0 Å². The molecule has 1 aliphatic rings. The molecule has 0 aliphatic carbocycles. The Hall–Kier alpha value is -0.700. The summed E-state index contributed by atoms with van der Waals surface area (Å²) in [5.74, 6) is 1.66. The number of fused-ring (bicyclic) bond motifs is 2. The van der Waals surface area contributed by atoms with Crippen LogP contribution in [0.1, 0.15) is 11.1 Å². The van der Waals surface area contributed by atoms with Gasteiger partial charge in [0.25, 0.3) is 0 Å². The van der Waals surface area contributed by atoms with Crippen LogP contribution in [0.4, 0.5) is 0 Å². The highest BCUT2D eigenvalue weighted by molar-refractivity contribution is 9.10. The summed E-state index contributed by atoms with van der Waals surface area (Å²) < 4.78 is 6.85. The SMILES string of the molecule is Clc1cc2c(cc1Cl)Oc1ccc(Br)cc1C2. The number of rotatable bonds is 0. The van der Waals surface area contributed by atoms with Crippen molar-refractivity contribution in [1.82, 2.24) is 0 Å². The molecule has 0 aromatic heterocycles. The Kier molecular flexibility index (Phi) is 2.81. The second-order valence-electron chi connectivity index (χ2n) is 3.90. The van der Waals surface area contributed by atoms with Crippen LogP contribution >= 0.6 is 39.1 Å². The van der Waals surface area contributed by atoms with Gasteiger partial charge < -0.3 is 4.74 Å². The molecule has 3 rings (SSSR count). The van der Waals surface area contributed by atoms with Crippen molar-refractivity contribution in [1.29, 1.82) is 0 Å². The first-order valence-electron chi connectivity index (χ1n) is 5.08. The molecule has 0 atom stereocenters. The van der Waals surface area contributed by atoms with Gasteiger partial charge >= 0.3 is 0 Å². The summed E-state index contributed by atoms with van der Waals surface area (Å²) in [4.78, 5) is 0. The van der Waals surface area contributed by atoms with Crippen molar-refractivity contribution in [2.24, 2.45) is 0 Å². The van der Waals surface area contributed by atoms with Crippen molar-refractivity contribution >= 4 is 39.1 Å². The zero-order chi connectivity index (χ0) is 12.0. The number of ether oxygens (including phenoxy) is 1. The minimum atomic E-state index is 0.519. The van der Waals surface area contributed by atoms with Crippen LogP contribution in [0.2, 0.25) is 10.0 Å². The van der Waals surface area contributed by atoms with E-state index in [2.05, 4.69) is 22.0 Å². The van der Waals surface area contributed by atoms with Crippen LogP contribution in [-0.2, 0) is 6.42 Å². The van der Waals surface area contributed by atoms with Crippen LogP contribution in [0.5, 0.6) is 11.5 Å². The second kappa shape index (κ2) is 4.20. The third kappa shape index (κ3) is 2.05. The molecule has 2 aromatic carbocycles. The lowest BCUT2D eigenvalue weighted by molar-refractivity contribution is 0.460. The van der Waals surface area contributed by atoms with E-state index in [1.807, 2.05) is 18.2 Å². The highest BCUT2D eigenvalue weighted by atomic mass is 79.9. The van der Waals surface area contributed by atoms with Gasteiger partial charge in [0, 0.05) is 28.1 Å². The smallest absolute Gasteiger partial charge is 0.132 e. The first-order chi connectivity index (χ1) is 8.13. The standard InChI is InChI=1S/C13H7BrCl2O/c14-9-1-2-12-7(4-9)3-8-5-10(15)11(16)6-13(8)17-12/h1-2,4-6H,3H2. The van der Waals surface area contributed by atoms with Crippen molar-refractivity contribution in [3.63, 3.8) is 0 Å². The van der Waals surface area contributed by atoms with Gasteiger partial charge in [0.15, 0.2) is 0 Å². The highest BCUT2D eigenvalue weighted by Crippen LogP contribution is 2.40. The van der Waals surface area contributed by atoms with E-state index in [0.29, 0.717) is 10.0 Å². The number of halogens is 3. The minimum Gasteiger partial charge on any atom is -0.457 e. The van der Waals surface area contributed by atoms with Crippen LogP contribution in [0.15, 0.2) is 34.8 Å². The van der Waals surface area contributed by atoms with Gasteiger partial charge in [-0.05, 0) is 24.3 Å². The first-order valence-corrected chi connectivity index (χ1v) is 6.62. The zero-order valence-electron chi connectivity index (χ0n) is 8.64. The minimum absolute atomic E-state index is 0.519. The number of hydrogen-bond acceptors (Lipinski definition) is 1. The zero-order valence-corrected chi connectivity index (χ0v) is 11.7. The monoisotopic (exact) mass is 328 g/mol. The van der Waals surface area contributed by atoms with E-state index in [1.54, 1.807) is 6.07 Å². The molecule has 17 heavy (non-hydrogen) atoms. The van der Waals surface area contributed by atoms with Gasteiger partial charge in [0.2, 0.25) is 0 Å². The molecule has 1 heterocycles. The van der Waals surface area contributed by atoms with Crippen LogP contribution in [0.25, 0.3) is 0 Å². The second-order valence-corrected chi connectivity index (χ2v) is 5.63. The largest absolute Gasteiger partial charge is 0.457 e. The maximum Gasteiger partial charge on any atom is 0.132 e. The van der Waals surface area contributed by atoms with Crippen molar-refractivity contribution in [2.75, 3.05) is 0 Å². The molecule has 0 bridgehead atoms. The fourth-order valence-corrected chi connectivity index (χ4v) is 2.66. The van der Waals surface area contributed by atoms with E-state index in [4.69, 9.17) is 27.9 Å². The summed E-state index contributed by atoms with van der Waals surface area (Å²) in [5, 5.41) is 1.08. The molecular formula is C13H7BrCl2O. The van der Waals surface area contributed by atoms with E-state index in [0.717, 1.165) is 33.5 Å². The van der Waals surface area contributed by atoms with E-state index in [-0.39, 0.29) is 0 Å². The average Bonchev–Trinajstić information content (AvgIpc) is 2.28. The predicted molar refractivity (Wildman–Crippen MR) is 73.5 cm³/mol. The van der Waals surface area contributed by atoms with E-state index in [9.17, 15) is 0 Å². The molecular weight excluding hydrogens is 323 g/mol. The summed E-state index contributed by atoms with van der Waals surface area (Å²) >= 11 is 15.4. The van der Waals surface area contributed by atoms with Crippen LogP contribution in [-0.4, -0.2) is 0 Å². The molecule has 0 amide bonds. The maximum atomic E-state index is 6.01. The number of hydrogen-bond donors (Lipinski definition) is 0. The summed E-state index contributed by atoms with van der Waals surface area (Å²) in [6.07, 6.45) is 0.807. The molecule has 0 saturated carbocycles. The maximum absolute atomic E-state index is 6.01. The van der Waals surface area contributed by atoms with Gasteiger partial charge in [0.1, 0.15) is 11.5 Å². The predicted octanol–water partition coefficient (Wildman–Crippen LogP) is 5.45. The summed E-state index contributed by atoms with van der Waals surface area (Å²) in [5.41, 5.74) is 2.20. The van der Waals surface area contributed by atoms with Crippen molar-refractivity contribution in [3.8, 4) is 11.5 Å². The Bertz CT molecular complexity index is 611. The molecule has 1 nitrogen and oxygen atoms in total. The van der Waals surface area contributed by atoms with Crippen molar-refractivity contribution in [3.05, 3.63) is 56.0 Å². The Morgan fingerprint density at radius 3 is 2.47 bits per heavy atom. The fourth-order valence-electron chi connectivity index (χ4n) is 1.91. The van der Waals surface area contributed by atoms with Gasteiger partial charge in [-0.1, -0.05) is 39.1 Å². The molecule has 0 saturated heterocycles. The average molecular weight is 330 g/mol. The molecule has 1 aliphatic heterocycles. The fraction of sp³-hybridized carbons (Fsp3) is 0.0769. The van der Waals surface area contributed by atoms with Gasteiger partial charge in [-0.2, -0.15) is 0 Å². The molecule has 0 spiro atoms. The Labute approximate surface area is 117 Å². The Balaban J connectivity index is 2.11. The summed E-state index contributed by atoms with van der Waals surface area (Å²) in [6, 6.07) is 9.60. The quantitative estimate of drug-likeness (QED) is 0.532. The van der Waals surface area contributed by atoms with Gasteiger partial charge in [-0.3, -0.25) is 0 Å². The third-order valence-electron chi connectivity index (χ3n) is 2.73. The van der Waals surface area contributed by atoms with E-state index in [1.165, 1.54) is 0 Å². The third-order valence-corrected chi connectivity index (χ3v) is 3.94. The van der Waals surface area contributed by atoms with E-state index >= 15 is 0 Å². The summed E-state index contributed by atoms with van der Waals surface area (Å²) in [6.45, 7) is 0. The number of benzene rings is 2. The van der Waals surface area contributed by atoms with Crippen molar-refractivity contribution in [2.45, 2.75) is 6.42 Å². The van der Waals surface area contributed by atoms with Crippen LogP contribution < -0.4 is 4.74 Å². The topological polar surface area (TPSA) is 9.23 Å². The van der Waals surface area contributed by atoms with Crippen LogP contribution in [0.3, 0.4) is 0 Å². The lowest BCUT2D eigenvalue weighted by Crippen LogP contribution is -2.03. The Morgan fingerprint density at radius 2 is 1.65 bits per heavy atom. The van der Waals surface area contributed by atoms with Crippen molar-refractivity contribution < 1.29 is 4.74 Å². The lowest BCUT2D eigenvalue weighted by Gasteiger charge is -2.21.